The van der Waals surface area contributed by atoms with E-state index in [9.17, 15) is 4.79 Å². The van der Waals surface area contributed by atoms with Gasteiger partial charge >= 0.3 is 0 Å². The molecule has 1 aliphatic heterocycles. The largest absolute Gasteiger partial charge is 0.342 e. The molecule has 1 amide bonds. The summed E-state index contributed by atoms with van der Waals surface area (Å²) in [6.45, 7) is 4.23. The van der Waals surface area contributed by atoms with Gasteiger partial charge in [0, 0.05) is 19.1 Å². The second-order valence-corrected chi connectivity index (χ2v) is 6.79. The smallest absolute Gasteiger partial charge is 0.227 e. The Morgan fingerprint density at radius 2 is 1.67 bits per heavy atom. The van der Waals surface area contributed by atoms with Crippen molar-refractivity contribution in [3.63, 3.8) is 0 Å². The predicted octanol–water partition coefficient (Wildman–Crippen LogP) is 2.01. The van der Waals surface area contributed by atoms with Crippen LogP contribution in [0.25, 0.3) is 0 Å². The van der Waals surface area contributed by atoms with E-state index in [0.29, 0.717) is 11.8 Å². The third kappa shape index (κ3) is 2.07. The highest BCUT2D eigenvalue weighted by molar-refractivity contribution is 5.80. The van der Waals surface area contributed by atoms with Crippen molar-refractivity contribution >= 4 is 5.91 Å². The van der Waals surface area contributed by atoms with Gasteiger partial charge in [-0.2, -0.15) is 0 Å². The van der Waals surface area contributed by atoms with Crippen molar-refractivity contribution in [1.29, 1.82) is 0 Å². The van der Waals surface area contributed by atoms with Crippen molar-refractivity contribution < 1.29 is 4.79 Å². The maximum atomic E-state index is 12.6. The Bertz CT molecular complexity index is 318. The van der Waals surface area contributed by atoms with Crippen LogP contribution in [0.3, 0.4) is 0 Å². The molecule has 1 saturated heterocycles. The minimum atomic E-state index is 0.0895. The van der Waals surface area contributed by atoms with Crippen LogP contribution in [0.1, 0.15) is 45.4 Å². The van der Waals surface area contributed by atoms with Gasteiger partial charge in [-0.05, 0) is 43.4 Å². The van der Waals surface area contributed by atoms with Gasteiger partial charge in [-0.1, -0.05) is 19.8 Å². The first-order valence-corrected chi connectivity index (χ1v) is 7.71. The Morgan fingerprint density at radius 1 is 1.06 bits per heavy atom. The minimum absolute atomic E-state index is 0.0895. The van der Waals surface area contributed by atoms with Crippen LogP contribution in [0.4, 0.5) is 0 Å². The standard InChI is InChI=1S/C15H26N2O/c1-10-4-2-7-13(14(10)16)15(18)17-8-11-5-3-6-12(11)9-17/h10-14H,2-9,16H2,1H3. The number of carbonyl (C=O) groups is 1. The first-order chi connectivity index (χ1) is 8.66. The maximum absolute atomic E-state index is 12.6. The molecule has 0 aromatic carbocycles. The molecule has 0 spiro atoms. The van der Waals surface area contributed by atoms with E-state index in [1.54, 1.807) is 0 Å². The van der Waals surface area contributed by atoms with Crippen molar-refractivity contribution in [3.8, 4) is 0 Å². The molecule has 2 saturated carbocycles. The minimum Gasteiger partial charge on any atom is -0.342 e. The van der Waals surface area contributed by atoms with Crippen LogP contribution in [0.15, 0.2) is 0 Å². The molecule has 1 heterocycles. The maximum Gasteiger partial charge on any atom is 0.227 e. The van der Waals surface area contributed by atoms with Crippen LogP contribution in [-0.4, -0.2) is 29.9 Å². The summed E-state index contributed by atoms with van der Waals surface area (Å²) in [5.74, 6) is 2.57. The lowest BCUT2D eigenvalue weighted by Crippen LogP contribution is -2.48. The van der Waals surface area contributed by atoms with Crippen molar-refractivity contribution in [2.24, 2.45) is 29.4 Å². The van der Waals surface area contributed by atoms with E-state index in [2.05, 4.69) is 11.8 Å². The molecule has 0 bridgehead atoms. The molecule has 0 aromatic heterocycles. The average molecular weight is 250 g/mol. The fraction of sp³-hybridized carbons (Fsp3) is 0.933. The van der Waals surface area contributed by atoms with E-state index in [4.69, 9.17) is 5.73 Å². The third-order valence-electron chi connectivity index (χ3n) is 5.65. The zero-order valence-corrected chi connectivity index (χ0v) is 11.5. The van der Waals surface area contributed by atoms with E-state index in [0.717, 1.165) is 31.3 Å². The van der Waals surface area contributed by atoms with Crippen LogP contribution in [0, 0.1) is 23.7 Å². The Kier molecular flexibility index (Phi) is 3.35. The van der Waals surface area contributed by atoms with Gasteiger partial charge in [0.2, 0.25) is 5.91 Å². The lowest BCUT2D eigenvalue weighted by atomic mass is 9.77. The van der Waals surface area contributed by atoms with E-state index in [-0.39, 0.29) is 12.0 Å². The zero-order valence-electron chi connectivity index (χ0n) is 11.5. The normalized spacial score (nSPS) is 44.1. The molecular weight excluding hydrogens is 224 g/mol. The van der Waals surface area contributed by atoms with Crippen molar-refractivity contribution in [2.75, 3.05) is 13.1 Å². The van der Waals surface area contributed by atoms with Gasteiger partial charge in [-0.25, -0.2) is 0 Å². The highest BCUT2D eigenvalue weighted by Crippen LogP contribution is 2.39. The van der Waals surface area contributed by atoms with Gasteiger partial charge in [0.05, 0.1) is 5.92 Å². The monoisotopic (exact) mass is 250 g/mol. The van der Waals surface area contributed by atoms with Crippen LogP contribution >= 0.6 is 0 Å². The van der Waals surface area contributed by atoms with Gasteiger partial charge in [0.1, 0.15) is 0 Å². The number of nitrogens with zero attached hydrogens (tertiary/aromatic N) is 1. The predicted molar refractivity (Wildman–Crippen MR) is 71.9 cm³/mol. The molecule has 0 radical (unpaired) electrons. The van der Waals surface area contributed by atoms with Gasteiger partial charge < -0.3 is 10.6 Å². The number of fused-ring (bicyclic) bond motifs is 1. The molecule has 0 aromatic rings. The van der Waals surface area contributed by atoms with E-state index < -0.39 is 0 Å². The van der Waals surface area contributed by atoms with Crippen molar-refractivity contribution in [2.45, 2.75) is 51.5 Å². The number of hydrogen-bond acceptors (Lipinski definition) is 2. The van der Waals surface area contributed by atoms with Crippen LogP contribution < -0.4 is 5.73 Å². The number of hydrogen-bond donors (Lipinski definition) is 1. The molecule has 3 aliphatic rings. The molecule has 3 fully saturated rings. The van der Waals surface area contributed by atoms with E-state index >= 15 is 0 Å². The summed E-state index contributed by atoms with van der Waals surface area (Å²) in [4.78, 5) is 14.8. The summed E-state index contributed by atoms with van der Waals surface area (Å²) in [6, 6.07) is 0.0895. The van der Waals surface area contributed by atoms with Crippen LogP contribution in [0.5, 0.6) is 0 Å². The summed E-state index contributed by atoms with van der Waals surface area (Å²) in [5.41, 5.74) is 6.26. The highest BCUT2D eigenvalue weighted by Gasteiger charge is 2.42. The molecule has 3 nitrogen and oxygen atoms in total. The lowest BCUT2D eigenvalue weighted by Gasteiger charge is -2.35. The molecule has 5 unspecified atom stereocenters. The highest BCUT2D eigenvalue weighted by atomic mass is 16.2. The number of likely N-dealkylation sites (tertiary alicyclic amines) is 1. The first kappa shape index (κ1) is 12.5. The second kappa shape index (κ2) is 4.84. The lowest BCUT2D eigenvalue weighted by molar-refractivity contribution is -0.137. The molecule has 102 valence electrons. The molecule has 3 heteroatoms. The fourth-order valence-corrected chi connectivity index (χ4v) is 4.38. The second-order valence-electron chi connectivity index (χ2n) is 6.79. The zero-order chi connectivity index (χ0) is 12.7. The quantitative estimate of drug-likeness (QED) is 0.774. The summed E-state index contributed by atoms with van der Waals surface area (Å²) >= 11 is 0. The topological polar surface area (TPSA) is 46.3 Å². The SMILES string of the molecule is CC1CCCC(C(=O)N2CC3CCCC3C2)C1N. The Morgan fingerprint density at radius 3 is 2.33 bits per heavy atom. The Labute approximate surface area is 110 Å². The number of rotatable bonds is 1. The van der Waals surface area contributed by atoms with E-state index in [1.165, 1.54) is 32.1 Å². The number of nitrogens with two attached hydrogens (primary N) is 1. The van der Waals surface area contributed by atoms with Crippen LogP contribution in [0.2, 0.25) is 0 Å². The average Bonchev–Trinajstić information content (AvgIpc) is 2.92. The molecule has 18 heavy (non-hydrogen) atoms. The third-order valence-corrected chi connectivity index (χ3v) is 5.65. The summed E-state index contributed by atoms with van der Waals surface area (Å²) in [7, 11) is 0. The fourth-order valence-electron chi connectivity index (χ4n) is 4.38. The van der Waals surface area contributed by atoms with Gasteiger partial charge in [0.15, 0.2) is 0 Å². The van der Waals surface area contributed by atoms with Crippen molar-refractivity contribution in [3.05, 3.63) is 0 Å². The Hall–Kier alpha value is -0.570. The van der Waals surface area contributed by atoms with Gasteiger partial charge in [-0.3, -0.25) is 4.79 Å². The first-order valence-electron chi connectivity index (χ1n) is 7.71. The summed E-state index contributed by atoms with van der Waals surface area (Å²) in [5, 5.41) is 0. The molecule has 5 atom stereocenters. The van der Waals surface area contributed by atoms with Crippen LogP contribution in [-0.2, 0) is 4.79 Å². The number of amides is 1. The summed E-state index contributed by atoms with van der Waals surface area (Å²) < 4.78 is 0. The molecule has 2 N–H and O–H groups in total. The Balaban J connectivity index is 1.64. The molecule has 2 aliphatic carbocycles. The van der Waals surface area contributed by atoms with Gasteiger partial charge in [-0.15, -0.1) is 0 Å². The van der Waals surface area contributed by atoms with Gasteiger partial charge in [0.25, 0.3) is 0 Å². The summed E-state index contributed by atoms with van der Waals surface area (Å²) in [6.07, 6.45) is 7.42. The van der Waals surface area contributed by atoms with Crippen molar-refractivity contribution in [1.82, 2.24) is 4.90 Å². The molecule has 3 rings (SSSR count). The van der Waals surface area contributed by atoms with E-state index in [1.807, 2.05) is 0 Å². The number of carbonyl (C=O) groups excluding carboxylic acids is 1. The molecular formula is C15H26N2O.